The number of primary amides is 1. The zero-order valence-corrected chi connectivity index (χ0v) is 10.4. The van der Waals surface area contributed by atoms with Gasteiger partial charge in [-0.2, -0.15) is 0 Å². The molecule has 0 saturated carbocycles. The second-order valence-corrected chi connectivity index (χ2v) is 4.18. The normalized spacial score (nSPS) is 11.1. The topological polar surface area (TPSA) is 127 Å². The molecule has 0 spiro atoms. The number of aromatic nitrogens is 1. The van der Waals surface area contributed by atoms with Crippen molar-refractivity contribution in [3.05, 3.63) is 16.1 Å². The maximum absolute atomic E-state index is 10.9. The summed E-state index contributed by atoms with van der Waals surface area (Å²) in [7, 11) is 0. The highest BCUT2D eigenvalue weighted by molar-refractivity contribution is 7.09. The molecule has 0 aliphatic rings. The molecule has 0 fully saturated rings. The number of carbonyl (C=O) groups is 2. The highest BCUT2D eigenvalue weighted by Crippen LogP contribution is 2.09. The molecule has 0 aliphatic heterocycles. The number of oxime groups is 1. The molecule has 0 radical (unpaired) electrons. The number of aliphatic carboxylic acids is 1. The van der Waals surface area contributed by atoms with E-state index in [1.807, 2.05) is 0 Å². The molecule has 0 atom stereocenters. The van der Waals surface area contributed by atoms with Crippen molar-refractivity contribution < 1.29 is 19.5 Å². The van der Waals surface area contributed by atoms with Crippen molar-refractivity contribution in [3.8, 4) is 0 Å². The fourth-order valence-corrected chi connectivity index (χ4v) is 1.60. The summed E-state index contributed by atoms with van der Waals surface area (Å²) < 4.78 is 0. The number of nitrogens with two attached hydrogens (primary N) is 1. The number of rotatable bonds is 6. The molecule has 98 valence electrons. The van der Waals surface area contributed by atoms with Gasteiger partial charge < -0.3 is 21.0 Å². The minimum Gasteiger partial charge on any atom is -0.476 e. The first kappa shape index (κ1) is 13.9. The first-order valence-electron chi connectivity index (χ1n) is 4.89. The molecular formula is C9H12N4O4S. The van der Waals surface area contributed by atoms with E-state index in [-0.39, 0.29) is 24.6 Å². The van der Waals surface area contributed by atoms with Gasteiger partial charge in [0.25, 0.3) is 0 Å². The number of hydrogen-bond acceptors (Lipinski definition) is 6. The number of amides is 2. The molecule has 0 aromatic carbocycles. The Labute approximate surface area is 106 Å². The van der Waals surface area contributed by atoms with Crippen molar-refractivity contribution in [3.63, 3.8) is 0 Å². The third kappa shape index (κ3) is 4.37. The summed E-state index contributed by atoms with van der Waals surface area (Å²) >= 11 is 1.31. The third-order valence-corrected chi connectivity index (χ3v) is 2.49. The number of aryl methyl sites for hydroxylation is 1. The van der Waals surface area contributed by atoms with Crippen LogP contribution in [0.25, 0.3) is 0 Å². The Kier molecular flexibility index (Phi) is 5.06. The van der Waals surface area contributed by atoms with E-state index < -0.39 is 12.0 Å². The molecular weight excluding hydrogens is 260 g/mol. The van der Waals surface area contributed by atoms with Crippen LogP contribution in [0.5, 0.6) is 0 Å². The lowest BCUT2D eigenvalue weighted by Gasteiger charge is -2.01. The van der Waals surface area contributed by atoms with Crippen molar-refractivity contribution in [2.24, 2.45) is 10.9 Å². The zero-order chi connectivity index (χ0) is 13.5. The minimum absolute atomic E-state index is 0.0167. The molecule has 1 rings (SSSR count). The van der Waals surface area contributed by atoms with Crippen molar-refractivity contribution in [1.29, 1.82) is 0 Å². The van der Waals surface area contributed by atoms with Crippen molar-refractivity contribution in [2.45, 2.75) is 6.92 Å². The fourth-order valence-electron chi connectivity index (χ4n) is 0.998. The predicted octanol–water partition coefficient (Wildman–Crippen LogP) is -0.0749. The number of urea groups is 1. The fraction of sp³-hybridized carbons (Fsp3) is 0.333. The SMILES string of the molecule is Cc1nc(/C(=N/OCCNC(N)=O)C(=O)O)cs1. The molecule has 1 aromatic heterocycles. The minimum atomic E-state index is -1.23. The van der Waals surface area contributed by atoms with Gasteiger partial charge in [0.2, 0.25) is 5.71 Å². The molecule has 0 bridgehead atoms. The summed E-state index contributed by atoms with van der Waals surface area (Å²) in [6.07, 6.45) is 0. The van der Waals surface area contributed by atoms with E-state index in [9.17, 15) is 9.59 Å². The highest BCUT2D eigenvalue weighted by atomic mass is 32.1. The maximum Gasteiger partial charge on any atom is 0.360 e. The summed E-state index contributed by atoms with van der Waals surface area (Å²) in [4.78, 5) is 30.1. The Morgan fingerprint density at radius 3 is 2.89 bits per heavy atom. The van der Waals surface area contributed by atoms with E-state index in [4.69, 9.17) is 15.7 Å². The number of carbonyl (C=O) groups excluding carboxylic acids is 1. The highest BCUT2D eigenvalue weighted by Gasteiger charge is 2.16. The molecule has 0 saturated heterocycles. The van der Waals surface area contributed by atoms with E-state index in [1.165, 1.54) is 11.3 Å². The number of carboxylic acid groups (broad SMARTS) is 1. The molecule has 4 N–H and O–H groups in total. The number of nitrogens with zero attached hydrogens (tertiary/aromatic N) is 2. The van der Waals surface area contributed by atoms with Crippen molar-refractivity contribution >= 4 is 29.0 Å². The van der Waals surface area contributed by atoms with Crippen LogP contribution in [0.15, 0.2) is 10.5 Å². The van der Waals surface area contributed by atoms with E-state index in [1.54, 1.807) is 12.3 Å². The van der Waals surface area contributed by atoms with Gasteiger partial charge in [-0.15, -0.1) is 11.3 Å². The van der Waals surface area contributed by atoms with Crippen LogP contribution in [-0.2, 0) is 9.63 Å². The van der Waals surface area contributed by atoms with Gasteiger partial charge in [-0.05, 0) is 6.92 Å². The van der Waals surface area contributed by atoms with Crippen molar-refractivity contribution in [1.82, 2.24) is 10.3 Å². The van der Waals surface area contributed by atoms with Crippen LogP contribution >= 0.6 is 11.3 Å². The predicted molar refractivity (Wildman–Crippen MR) is 64.6 cm³/mol. The molecule has 18 heavy (non-hydrogen) atoms. The third-order valence-electron chi connectivity index (χ3n) is 1.71. The molecule has 1 aromatic rings. The summed E-state index contributed by atoms with van der Waals surface area (Å²) in [6, 6.07) is -0.684. The van der Waals surface area contributed by atoms with Gasteiger partial charge in [-0.25, -0.2) is 14.6 Å². The first-order chi connectivity index (χ1) is 8.50. The molecule has 0 unspecified atom stereocenters. The van der Waals surface area contributed by atoms with E-state index in [0.29, 0.717) is 0 Å². The second-order valence-electron chi connectivity index (χ2n) is 3.12. The number of nitrogens with one attached hydrogen (secondary N) is 1. The summed E-state index contributed by atoms with van der Waals surface area (Å²) in [5.74, 6) is -1.23. The summed E-state index contributed by atoms with van der Waals surface area (Å²) in [6.45, 7) is 1.91. The van der Waals surface area contributed by atoms with Crippen molar-refractivity contribution in [2.75, 3.05) is 13.2 Å². The molecule has 2 amide bonds. The van der Waals surface area contributed by atoms with Crippen LogP contribution in [0.3, 0.4) is 0 Å². The largest absolute Gasteiger partial charge is 0.476 e. The van der Waals surface area contributed by atoms with Gasteiger partial charge >= 0.3 is 12.0 Å². The van der Waals surface area contributed by atoms with E-state index in [0.717, 1.165) is 5.01 Å². The molecule has 0 aliphatic carbocycles. The smallest absolute Gasteiger partial charge is 0.360 e. The Hall–Kier alpha value is -2.16. The maximum atomic E-state index is 10.9. The molecule has 9 heteroatoms. The Morgan fingerprint density at radius 2 is 2.39 bits per heavy atom. The molecule has 1 heterocycles. The Balaban J connectivity index is 2.57. The second kappa shape index (κ2) is 6.55. The average Bonchev–Trinajstić information content (AvgIpc) is 2.69. The van der Waals surface area contributed by atoms with Gasteiger partial charge in [0, 0.05) is 5.38 Å². The number of carboxylic acids is 1. The van der Waals surface area contributed by atoms with E-state index in [2.05, 4.69) is 15.5 Å². The van der Waals surface area contributed by atoms with Crippen LogP contribution in [0.1, 0.15) is 10.7 Å². The lowest BCUT2D eigenvalue weighted by Crippen LogP contribution is -2.31. The standard InChI is InChI=1S/C9H12N4O4S/c1-5-12-6(4-18-5)7(8(14)15)13-17-3-2-11-9(10)16/h4H,2-3H2,1H3,(H,14,15)(H3,10,11,16)/b13-7-. The van der Waals surface area contributed by atoms with Crippen LogP contribution in [0.2, 0.25) is 0 Å². The molecule has 8 nitrogen and oxygen atoms in total. The monoisotopic (exact) mass is 272 g/mol. The first-order valence-corrected chi connectivity index (χ1v) is 5.77. The number of hydrogen-bond donors (Lipinski definition) is 3. The van der Waals surface area contributed by atoms with Gasteiger partial charge in [0.05, 0.1) is 11.6 Å². The van der Waals surface area contributed by atoms with Gasteiger partial charge in [0.1, 0.15) is 12.3 Å². The van der Waals surface area contributed by atoms with Crippen LogP contribution in [0, 0.1) is 6.92 Å². The average molecular weight is 272 g/mol. The van der Waals surface area contributed by atoms with Crippen LogP contribution in [0.4, 0.5) is 4.79 Å². The van der Waals surface area contributed by atoms with Gasteiger partial charge in [0.15, 0.2) is 0 Å². The Morgan fingerprint density at radius 1 is 1.67 bits per heavy atom. The van der Waals surface area contributed by atoms with Gasteiger partial charge in [-0.3, -0.25) is 0 Å². The Bertz CT molecular complexity index is 471. The van der Waals surface area contributed by atoms with Gasteiger partial charge in [-0.1, -0.05) is 5.16 Å². The number of thiazole rings is 1. The van der Waals surface area contributed by atoms with Crippen LogP contribution in [-0.4, -0.2) is 41.0 Å². The summed E-state index contributed by atoms with van der Waals surface area (Å²) in [5.41, 5.74) is 4.80. The quantitative estimate of drug-likeness (QED) is 0.379. The summed E-state index contributed by atoms with van der Waals surface area (Å²) in [5, 5.41) is 17.0. The van der Waals surface area contributed by atoms with Crippen LogP contribution < -0.4 is 11.1 Å². The zero-order valence-electron chi connectivity index (χ0n) is 9.54. The van der Waals surface area contributed by atoms with E-state index >= 15 is 0 Å². The lowest BCUT2D eigenvalue weighted by molar-refractivity contribution is -0.129. The lowest BCUT2D eigenvalue weighted by atomic mass is 10.3.